The van der Waals surface area contributed by atoms with Crippen molar-refractivity contribution in [3.05, 3.63) is 60.9 Å². The van der Waals surface area contributed by atoms with Crippen LogP contribution in [0.3, 0.4) is 0 Å². The number of fused-ring (bicyclic) bond motifs is 1. The van der Waals surface area contributed by atoms with Gasteiger partial charge in [0, 0.05) is 56.5 Å². The molecule has 0 unspecified atom stereocenters. The normalized spacial score (nSPS) is 13.6. The smallest absolute Gasteiger partial charge is 0.305 e. The molecule has 0 saturated carbocycles. The lowest BCUT2D eigenvalue weighted by atomic mass is 10.1. The Balaban J connectivity index is 1.17. The summed E-state index contributed by atoms with van der Waals surface area (Å²) in [6.07, 6.45) is 7.29. The molecule has 11 heteroatoms. The van der Waals surface area contributed by atoms with Gasteiger partial charge >= 0.3 is 5.97 Å². The van der Waals surface area contributed by atoms with Crippen LogP contribution in [0.5, 0.6) is 0 Å². The summed E-state index contributed by atoms with van der Waals surface area (Å²) in [5.74, 6) is 1.37. The lowest BCUT2D eigenvalue weighted by molar-refractivity contribution is -0.141. The Morgan fingerprint density at radius 1 is 1.05 bits per heavy atom. The highest BCUT2D eigenvalue weighted by Gasteiger charge is 2.21. The van der Waals surface area contributed by atoms with Gasteiger partial charge in [0.15, 0.2) is 5.65 Å². The summed E-state index contributed by atoms with van der Waals surface area (Å²) in [7, 11) is 1.38. The molecule has 1 aromatic carbocycles. The first-order chi connectivity index (χ1) is 18.6. The van der Waals surface area contributed by atoms with Gasteiger partial charge in [-0.3, -0.25) is 14.0 Å². The number of amides is 1. The van der Waals surface area contributed by atoms with E-state index in [0.717, 1.165) is 35.7 Å². The second kappa shape index (κ2) is 11.8. The SMILES string of the molecule is COC(=O)CCCCC(=O)N1CCN(c2ccc(-c3cnc(NCc4ccco4)n4cnnc34)cc2)CC1. The number of methoxy groups -OCH3 is 1. The predicted octanol–water partition coefficient (Wildman–Crippen LogP) is 3.38. The molecule has 5 rings (SSSR count). The number of nitrogens with one attached hydrogen (secondary N) is 1. The molecule has 1 aliphatic rings. The summed E-state index contributed by atoms with van der Waals surface area (Å²) in [4.78, 5) is 32.5. The van der Waals surface area contributed by atoms with Gasteiger partial charge in [0.2, 0.25) is 11.9 Å². The minimum atomic E-state index is -0.227. The predicted molar refractivity (Wildman–Crippen MR) is 142 cm³/mol. The summed E-state index contributed by atoms with van der Waals surface area (Å²) < 4.78 is 11.9. The van der Waals surface area contributed by atoms with E-state index in [1.807, 2.05) is 21.4 Å². The maximum atomic E-state index is 12.5. The molecule has 4 aromatic rings. The number of furan rings is 1. The highest BCUT2D eigenvalue weighted by Crippen LogP contribution is 2.27. The van der Waals surface area contributed by atoms with Crippen molar-refractivity contribution in [3.8, 4) is 11.1 Å². The molecule has 11 nitrogen and oxygen atoms in total. The van der Waals surface area contributed by atoms with Crippen LogP contribution in [0.2, 0.25) is 0 Å². The number of carbonyl (C=O) groups is 2. The Morgan fingerprint density at radius 2 is 1.84 bits per heavy atom. The van der Waals surface area contributed by atoms with Crippen LogP contribution in [0.25, 0.3) is 16.8 Å². The van der Waals surface area contributed by atoms with E-state index in [2.05, 4.69) is 54.4 Å². The fraction of sp³-hybridized carbons (Fsp3) is 0.370. The van der Waals surface area contributed by atoms with Crippen molar-refractivity contribution in [2.45, 2.75) is 32.2 Å². The van der Waals surface area contributed by atoms with Crippen LogP contribution in [0, 0.1) is 0 Å². The fourth-order valence-corrected chi connectivity index (χ4v) is 4.60. The third kappa shape index (κ3) is 5.77. The van der Waals surface area contributed by atoms with E-state index in [1.54, 1.807) is 18.8 Å². The summed E-state index contributed by atoms with van der Waals surface area (Å²) in [6, 6.07) is 12.1. The number of hydrogen-bond acceptors (Lipinski definition) is 9. The second-order valence-corrected chi connectivity index (χ2v) is 9.15. The van der Waals surface area contributed by atoms with Crippen LogP contribution in [-0.4, -0.2) is 69.6 Å². The number of esters is 1. The minimum Gasteiger partial charge on any atom is -0.469 e. The topological polar surface area (TPSA) is 118 Å². The van der Waals surface area contributed by atoms with Crippen molar-refractivity contribution in [1.82, 2.24) is 24.5 Å². The molecule has 1 saturated heterocycles. The number of ether oxygens (including phenoxy) is 1. The van der Waals surface area contributed by atoms with Crippen molar-refractivity contribution >= 4 is 29.2 Å². The highest BCUT2D eigenvalue weighted by molar-refractivity contribution is 5.79. The zero-order valence-electron chi connectivity index (χ0n) is 21.4. The van der Waals surface area contributed by atoms with Gasteiger partial charge in [-0.25, -0.2) is 4.98 Å². The van der Waals surface area contributed by atoms with Crippen molar-refractivity contribution in [1.29, 1.82) is 0 Å². The Morgan fingerprint density at radius 3 is 2.58 bits per heavy atom. The number of nitrogens with zero attached hydrogens (tertiary/aromatic N) is 6. The average molecular weight is 518 g/mol. The third-order valence-electron chi connectivity index (χ3n) is 6.76. The quantitative estimate of drug-likeness (QED) is 0.249. The molecular weight excluding hydrogens is 486 g/mol. The zero-order valence-corrected chi connectivity index (χ0v) is 21.4. The first-order valence-corrected chi connectivity index (χ1v) is 12.8. The van der Waals surface area contributed by atoms with Gasteiger partial charge in [-0.2, -0.15) is 0 Å². The second-order valence-electron chi connectivity index (χ2n) is 9.15. The Bertz CT molecular complexity index is 1360. The lowest BCUT2D eigenvalue weighted by Gasteiger charge is -2.36. The van der Waals surface area contributed by atoms with E-state index in [0.29, 0.717) is 56.9 Å². The number of carbonyl (C=O) groups excluding carboxylic acids is 2. The molecule has 1 amide bonds. The number of aromatic nitrogens is 4. The number of hydrogen-bond donors (Lipinski definition) is 1. The molecule has 1 fully saturated rings. The van der Waals surface area contributed by atoms with Gasteiger partial charge in [-0.1, -0.05) is 12.1 Å². The van der Waals surface area contributed by atoms with Gasteiger partial charge < -0.3 is 24.3 Å². The molecule has 38 heavy (non-hydrogen) atoms. The monoisotopic (exact) mass is 517 g/mol. The van der Waals surface area contributed by atoms with Crippen LogP contribution in [0.4, 0.5) is 11.6 Å². The van der Waals surface area contributed by atoms with E-state index in [-0.39, 0.29) is 11.9 Å². The molecular formula is C27H31N7O4. The fourth-order valence-electron chi connectivity index (χ4n) is 4.60. The van der Waals surface area contributed by atoms with Crippen LogP contribution < -0.4 is 10.2 Å². The van der Waals surface area contributed by atoms with E-state index < -0.39 is 0 Å². The maximum Gasteiger partial charge on any atom is 0.305 e. The summed E-state index contributed by atoms with van der Waals surface area (Å²) in [5.41, 5.74) is 3.72. The first kappa shape index (κ1) is 25.2. The van der Waals surface area contributed by atoms with Crippen LogP contribution >= 0.6 is 0 Å². The summed E-state index contributed by atoms with van der Waals surface area (Å²) >= 11 is 0. The van der Waals surface area contributed by atoms with E-state index in [1.165, 1.54) is 7.11 Å². The summed E-state index contributed by atoms with van der Waals surface area (Å²) in [5, 5.41) is 11.7. The third-order valence-corrected chi connectivity index (χ3v) is 6.76. The molecule has 0 atom stereocenters. The van der Waals surface area contributed by atoms with Crippen molar-refractivity contribution in [2.24, 2.45) is 0 Å². The lowest BCUT2D eigenvalue weighted by Crippen LogP contribution is -2.48. The molecule has 0 radical (unpaired) electrons. The molecule has 1 N–H and O–H groups in total. The number of piperazine rings is 1. The average Bonchev–Trinajstić information content (AvgIpc) is 3.67. The van der Waals surface area contributed by atoms with Crippen molar-refractivity contribution in [2.75, 3.05) is 43.5 Å². The molecule has 198 valence electrons. The molecule has 0 aliphatic carbocycles. The maximum absolute atomic E-state index is 12.5. The Labute approximate surface area is 220 Å². The van der Waals surface area contributed by atoms with E-state index in [9.17, 15) is 9.59 Å². The highest BCUT2D eigenvalue weighted by atomic mass is 16.5. The molecule has 0 bridgehead atoms. The summed E-state index contributed by atoms with van der Waals surface area (Å²) in [6.45, 7) is 3.44. The van der Waals surface area contributed by atoms with E-state index in [4.69, 9.17) is 4.42 Å². The number of benzene rings is 1. The van der Waals surface area contributed by atoms with Gasteiger partial charge in [-0.05, 0) is 42.7 Å². The molecule has 1 aliphatic heterocycles. The largest absolute Gasteiger partial charge is 0.469 e. The molecule has 4 heterocycles. The number of rotatable bonds is 10. The van der Waals surface area contributed by atoms with E-state index >= 15 is 0 Å². The van der Waals surface area contributed by atoms with Crippen LogP contribution in [0.15, 0.2) is 59.6 Å². The first-order valence-electron chi connectivity index (χ1n) is 12.8. The Kier molecular flexibility index (Phi) is 7.81. The number of unbranched alkanes of at least 4 members (excludes halogenated alkanes) is 1. The van der Waals surface area contributed by atoms with Gasteiger partial charge in [-0.15, -0.1) is 10.2 Å². The van der Waals surface area contributed by atoms with Crippen molar-refractivity contribution < 1.29 is 18.7 Å². The Hall–Kier alpha value is -4.41. The van der Waals surface area contributed by atoms with Crippen LogP contribution in [-0.2, 0) is 20.9 Å². The molecule has 0 spiro atoms. The number of anilines is 2. The van der Waals surface area contributed by atoms with Gasteiger partial charge in [0.1, 0.15) is 12.1 Å². The zero-order chi connectivity index (χ0) is 26.3. The van der Waals surface area contributed by atoms with Gasteiger partial charge in [0.25, 0.3) is 0 Å². The van der Waals surface area contributed by atoms with Crippen LogP contribution in [0.1, 0.15) is 31.4 Å². The minimum absolute atomic E-state index is 0.150. The van der Waals surface area contributed by atoms with Gasteiger partial charge in [0.05, 0.1) is 19.9 Å². The van der Waals surface area contributed by atoms with Crippen molar-refractivity contribution in [3.63, 3.8) is 0 Å². The molecule has 3 aromatic heterocycles. The standard InChI is InChI=1S/C27H31N7O4/c1-37-25(36)7-3-2-6-24(35)33-14-12-32(13-15-33)21-10-8-20(9-11-21)23-18-29-27(34-19-30-31-26(23)34)28-17-22-5-4-16-38-22/h4-5,8-11,16,18-19H,2-3,6-7,12-15,17H2,1H3,(H,28,29).